The van der Waals surface area contributed by atoms with Crippen molar-refractivity contribution in [1.82, 2.24) is 5.32 Å². The van der Waals surface area contributed by atoms with Gasteiger partial charge in [-0.1, -0.05) is 0 Å². The van der Waals surface area contributed by atoms with E-state index in [-0.39, 0.29) is 12.0 Å². The van der Waals surface area contributed by atoms with Crippen LogP contribution in [0.5, 0.6) is 0 Å². The molecule has 0 saturated carbocycles. The number of hydrogen-bond donors (Lipinski definition) is 1. The number of carbonyl (C=O) groups is 1. The topological polar surface area (TPSA) is 84.5 Å². The predicted molar refractivity (Wildman–Crippen MR) is 91.1 cm³/mol. The molecule has 8 nitrogen and oxygen atoms in total. The van der Waals surface area contributed by atoms with E-state index in [1.54, 1.807) is 14.2 Å². The van der Waals surface area contributed by atoms with Gasteiger partial charge in [-0.15, -0.1) is 0 Å². The minimum Gasteiger partial charge on any atom is -0.376 e. The number of nitrogens with one attached hydrogen (secondary N) is 1. The lowest BCUT2D eigenvalue weighted by Crippen LogP contribution is -2.59. The second-order valence-corrected chi connectivity index (χ2v) is 6.27. The molecule has 0 aromatic carbocycles. The fourth-order valence-corrected chi connectivity index (χ4v) is 2.98. The predicted octanol–water partition coefficient (Wildman–Crippen LogP) is 1.07. The van der Waals surface area contributed by atoms with Gasteiger partial charge in [0.15, 0.2) is 12.1 Å². The van der Waals surface area contributed by atoms with Crippen LogP contribution in [0.15, 0.2) is 0 Å². The number of hydrogen-bond acceptors (Lipinski definition) is 7. The Bertz CT molecular complexity index is 398. The normalized spacial score (nSPS) is 23.4. The van der Waals surface area contributed by atoms with Crippen molar-refractivity contribution in [1.29, 1.82) is 0 Å². The lowest BCUT2D eigenvalue weighted by atomic mass is 9.99. The van der Waals surface area contributed by atoms with Gasteiger partial charge in [-0.3, -0.25) is 4.79 Å². The van der Waals surface area contributed by atoms with Gasteiger partial charge in [-0.2, -0.15) is 0 Å². The maximum atomic E-state index is 11.7. The number of carbonyl (C=O) groups excluding carboxylic acids is 1. The zero-order chi connectivity index (χ0) is 19.0. The molecule has 1 heterocycles. The highest BCUT2D eigenvalue weighted by Gasteiger charge is 2.45. The third kappa shape index (κ3) is 6.47. The molecule has 1 aliphatic heterocycles. The van der Waals surface area contributed by atoms with E-state index in [2.05, 4.69) is 5.32 Å². The highest BCUT2D eigenvalue weighted by Crippen LogP contribution is 2.28. The van der Waals surface area contributed by atoms with Gasteiger partial charge < -0.3 is 33.7 Å². The summed E-state index contributed by atoms with van der Waals surface area (Å²) in [5.74, 6) is -0.905. The minimum atomic E-state index is -0.692. The van der Waals surface area contributed by atoms with Crippen LogP contribution in [0.1, 0.15) is 34.6 Å². The van der Waals surface area contributed by atoms with E-state index in [9.17, 15) is 4.79 Å². The van der Waals surface area contributed by atoms with E-state index < -0.39 is 30.3 Å². The first-order valence-electron chi connectivity index (χ1n) is 8.67. The van der Waals surface area contributed by atoms with Crippen LogP contribution < -0.4 is 5.32 Å². The Morgan fingerprint density at radius 3 is 2.16 bits per heavy atom. The zero-order valence-electron chi connectivity index (χ0n) is 16.4. The zero-order valence-corrected chi connectivity index (χ0v) is 16.4. The number of ether oxygens (including phenoxy) is 6. The van der Waals surface area contributed by atoms with E-state index in [0.717, 1.165) is 0 Å². The van der Waals surface area contributed by atoms with Gasteiger partial charge in [0.25, 0.3) is 0 Å². The lowest BCUT2D eigenvalue weighted by Gasteiger charge is -2.38. The third-order valence-corrected chi connectivity index (χ3v) is 3.94. The van der Waals surface area contributed by atoms with Gasteiger partial charge in [0, 0.05) is 34.4 Å². The van der Waals surface area contributed by atoms with E-state index in [0.29, 0.717) is 19.8 Å². The Morgan fingerprint density at radius 1 is 1.20 bits per heavy atom. The highest BCUT2D eigenvalue weighted by molar-refractivity contribution is 5.73. The SMILES string of the molecule is CCOC(OCC)[C@H](NC(C)=O)[C@@H](OC)[C@H](OC)[C@H]1COC(C)(C)O1. The summed E-state index contributed by atoms with van der Waals surface area (Å²) in [5, 5.41) is 2.87. The monoisotopic (exact) mass is 363 g/mol. The molecule has 0 spiro atoms. The quantitative estimate of drug-likeness (QED) is 0.550. The summed E-state index contributed by atoms with van der Waals surface area (Å²) in [6.45, 7) is 10.1. The van der Waals surface area contributed by atoms with Crippen molar-refractivity contribution in [3.63, 3.8) is 0 Å². The van der Waals surface area contributed by atoms with E-state index in [4.69, 9.17) is 28.4 Å². The van der Waals surface area contributed by atoms with Crippen molar-refractivity contribution >= 4 is 5.91 Å². The van der Waals surface area contributed by atoms with Gasteiger partial charge >= 0.3 is 0 Å². The molecule has 148 valence electrons. The van der Waals surface area contributed by atoms with Crippen LogP contribution in [-0.2, 0) is 33.2 Å². The molecular formula is C17H33NO7. The van der Waals surface area contributed by atoms with Crippen molar-refractivity contribution in [2.45, 2.75) is 71.0 Å². The molecule has 1 fully saturated rings. The molecule has 0 aliphatic carbocycles. The molecule has 1 N–H and O–H groups in total. The molecule has 0 aromatic heterocycles. The van der Waals surface area contributed by atoms with Gasteiger partial charge in [0.1, 0.15) is 24.4 Å². The average Bonchev–Trinajstić information content (AvgIpc) is 2.90. The van der Waals surface area contributed by atoms with Crippen molar-refractivity contribution < 1.29 is 33.2 Å². The Morgan fingerprint density at radius 2 is 1.80 bits per heavy atom. The van der Waals surface area contributed by atoms with Crippen molar-refractivity contribution in [3.8, 4) is 0 Å². The molecule has 1 aliphatic rings. The van der Waals surface area contributed by atoms with Crippen LogP contribution in [0, 0.1) is 0 Å². The second kappa shape index (κ2) is 10.4. The van der Waals surface area contributed by atoms with E-state index in [1.807, 2.05) is 27.7 Å². The second-order valence-electron chi connectivity index (χ2n) is 6.27. The van der Waals surface area contributed by atoms with Crippen LogP contribution >= 0.6 is 0 Å². The molecular weight excluding hydrogens is 330 g/mol. The molecule has 0 unspecified atom stereocenters. The summed E-state index contributed by atoms with van der Waals surface area (Å²) in [4.78, 5) is 11.7. The molecule has 25 heavy (non-hydrogen) atoms. The van der Waals surface area contributed by atoms with Crippen LogP contribution in [0.3, 0.4) is 0 Å². The smallest absolute Gasteiger partial charge is 0.217 e. The van der Waals surface area contributed by atoms with E-state index in [1.165, 1.54) is 6.92 Å². The molecule has 4 atom stereocenters. The first kappa shape index (κ1) is 22.3. The molecule has 8 heteroatoms. The molecule has 0 bridgehead atoms. The van der Waals surface area contributed by atoms with Crippen molar-refractivity contribution in [2.24, 2.45) is 0 Å². The number of methoxy groups -OCH3 is 2. The molecule has 0 radical (unpaired) electrons. The van der Waals surface area contributed by atoms with Gasteiger partial charge in [0.2, 0.25) is 5.91 Å². The summed E-state index contributed by atoms with van der Waals surface area (Å²) in [5.41, 5.74) is 0. The third-order valence-electron chi connectivity index (χ3n) is 3.94. The summed E-state index contributed by atoms with van der Waals surface area (Å²) in [7, 11) is 3.13. The summed E-state index contributed by atoms with van der Waals surface area (Å²) in [6, 6.07) is -0.570. The molecule has 1 rings (SSSR count). The first-order valence-corrected chi connectivity index (χ1v) is 8.67. The Labute approximate surface area is 150 Å². The summed E-state index contributed by atoms with van der Waals surface area (Å²) in [6.07, 6.45) is -2.05. The van der Waals surface area contributed by atoms with Gasteiger partial charge in [-0.05, 0) is 27.7 Å². The molecule has 1 saturated heterocycles. The highest BCUT2D eigenvalue weighted by atomic mass is 16.8. The van der Waals surface area contributed by atoms with E-state index >= 15 is 0 Å². The number of amides is 1. The standard InChI is InChI=1S/C17H33NO7/c1-8-22-16(23-9-2)13(18-11(3)19)15(21-7)14(20-6)12-10-24-17(4,5)25-12/h12-16H,8-10H2,1-7H3,(H,18,19)/t12-,13-,14-,15-/m1/s1. The maximum Gasteiger partial charge on any atom is 0.217 e. The van der Waals surface area contributed by atoms with Crippen molar-refractivity contribution in [2.75, 3.05) is 34.0 Å². The molecule has 0 aromatic rings. The largest absolute Gasteiger partial charge is 0.376 e. The first-order chi connectivity index (χ1) is 11.8. The fraction of sp³-hybridized carbons (Fsp3) is 0.941. The van der Waals surface area contributed by atoms with Crippen LogP contribution in [0.4, 0.5) is 0 Å². The Kier molecular flexibility index (Phi) is 9.26. The Hall–Kier alpha value is -0.770. The fourth-order valence-electron chi connectivity index (χ4n) is 2.98. The van der Waals surface area contributed by atoms with Crippen LogP contribution in [-0.4, -0.2) is 76.4 Å². The molecule has 1 amide bonds. The van der Waals surface area contributed by atoms with Crippen LogP contribution in [0.25, 0.3) is 0 Å². The van der Waals surface area contributed by atoms with Crippen molar-refractivity contribution in [3.05, 3.63) is 0 Å². The van der Waals surface area contributed by atoms with Crippen LogP contribution in [0.2, 0.25) is 0 Å². The average molecular weight is 363 g/mol. The Balaban J connectivity index is 3.05. The summed E-state index contributed by atoms with van der Waals surface area (Å²) < 4.78 is 34.3. The van der Waals surface area contributed by atoms with Gasteiger partial charge in [0.05, 0.1) is 6.61 Å². The lowest BCUT2D eigenvalue weighted by molar-refractivity contribution is -0.204. The number of rotatable bonds is 11. The summed E-state index contributed by atoms with van der Waals surface area (Å²) >= 11 is 0. The van der Waals surface area contributed by atoms with Gasteiger partial charge in [-0.25, -0.2) is 0 Å². The maximum absolute atomic E-state index is 11.7. The minimum absolute atomic E-state index is 0.213.